The third-order valence-corrected chi connectivity index (χ3v) is 2.88. The summed E-state index contributed by atoms with van der Waals surface area (Å²) in [6, 6.07) is 12.6. The SMILES string of the molecule is CCCc1nccc(-c2ccccc2)c1C. The topological polar surface area (TPSA) is 12.9 Å². The van der Waals surface area contributed by atoms with Crippen LogP contribution < -0.4 is 0 Å². The van der Waals surface area contributed by atoms with E-state index in [1.165, 1.54) is 22.4 Å². The molecule has 0 spiro atoms. The van der Waals surface area contributed by atoms with Crippen molar-refractivity contribution in [3.8, 4) is 11.1 Å². The van der Waals surface area contributed by atoms with Crippen molar-refractivity contribution < 1.29 is 0 Å². The van der Waals surface area contributed by atoms with E-state index in [4.69, 9.17) is 0 Å². The lowest BCUT2D eigenvalue weighted by atomic mass is 9.99. The lowest BCUT2D eigenvalue weighted by Crippen LogP contribution is -1.95. The molecule has 16 heavy (non-hydrogen) atoms. The first-order chi connectivity index (χ1) is 7.83. The normalized spacial score (nSPS) is 10.4. The molecule has 0 bridgehead atoms. The molecule has 0 aliphatic heterocycles. The summed E-state index contributed by atoms with van der Waals surface area (Å²) in [6.45, 7) is 4.36. The Bertz CT molecular complexity index is 460. The molecule has 0 aliphatic rings. The van der Waals surface area contributed by atoms with Gasteiger partial charge in [0.1, 0.15) is 0 Å². The monoisotopic (exact) mass is 211 g/mol. The lowest BCUT2D eigenvalue weighted by Gasteiger charge is -2.09. The summed E-state index contributed by atoms with van der Waals surface area (Å²) in [6.07, 6.45) is 4.12. The average Bonchev–Trinajstić information content (AvgIpc) is 2.33. The molecule has 0 amide bonds. The average molecular weight is 211 g/mol. The van der Waals surface area contributed by atoms with Crippen LogP contribution in [0.4, 0.5) is 0 Å². The van der Waals surface area contributed by atoms with Crippen LogP contribution in [0.25, 0.3) is 11.1 Å². The molecule has 1 heteroatoms. The summed E-state index contributed by atoms with van der Waals surface area (Å²) >= 11 is 0. The van der Waals surface area contributed by atoms with E-state index < -0.39 is 0 Å². The van der Waals surface area contributed by atoms with Gasteiger partial charge in [-0.15, -0.1) is 0 Å². The van der Waals surface area contributed by atoms with Gasteiger partial charge in [0.05, 0.1) is 0 Å². The van der Waals surface area contributed by atoms with E-state index >= 15 is 0 Å². The van der Waals surface area contributed by atoms with Crippen LogP contribution in [-0.2, 0) is 6.42 Å². The number of pyridine rings is 1. The minimum absolute atomic E-state index is 1.06. The fraction of sp³-hybridized carbons (Fsp3) is 0.267. The van der Waals surface area contributed by atoms with Crippen LogP contribution in [0.2, 0.25) is 0 Å². The van der Waals surface area contributed by atoms with Crippen molar-refractivity contribution in [2.24, 2.45) is 0 Å². The van der Waals surface area contributed by atoms with E-state index in [2.05, 4.69) is 49.2 Å². The summed E-state index contributed by atoms with van der Waals surface area (Å²) in [5.41, 5.74) is 5.12. The van der Waals surface area contributed by atoms with Crippen molar-refractivity contribution in [2.75, 3.05) is 0 Å². The Morgan fingerprint density at radius 1 is 1.06 bits per heavy atom. The van der Waals surface area contributed by atoms with Crippen LogP contribution in [0.3, 0.4) is 0 Å². The highest BCUT2D eigenvalue weighted by Crippen LogP contribution is 2.24. The van der Waals surface area contributed by atoms with E-state index in [1.807, 2.05) is 12.3 Å². The molecule has 2 rings (SSSR count). The maximum Gasteiger partial charge on any atom is 0.0438 e. The number of rotatable bonds is 3. The number of nitrogens with zero attached hydrogens (tertiary/aromatic N) is 1. The van der Waals surface area contributed by atoms with Gasteiger partial charge in [0.2, 0.25) is 0 Å². The molecule has 0 aliphatic carbocycles. The lowest BCUT2D eigenvalue weighted by molar-refractivity contribution is 0.872. The molecule has 0 unspecified atom stereocenters. The Morgan fingerprint density at radius 2 is 1.81 bits per heavy atom. The summed E-state index contributed by atoms with van der Waals surface area (Å²) < 4.78 is 0. The summed E-state index contributed by atoms with van der Waals surface area (Å²) in [5, 5.41) is 0. The van der Waals surface area contributed by atoms with Gasteiger partial charge in [-0.05, 0) is 36.1 Å². The fourth-order valence-electron chi connectivity index (χ4n) is 2.00. The van der Waals surface area contributed by atoms with Gasteiger partial charge >= 0.3 is 0 Å². The molecular formula is C15H17N. The smallest absolute Gasteiger partial charge is 0.0438 e. The number of benzene rings is 1. The fourth-order valence-corrected chi connectivity index (χ4v) is 2.00. The second-order valence-corrected chi connectivity index (χ2v) is 4.05. The van der Waals surface area contributed by atoms with E-state index in [0.29, 0.717) is 0 Å². The van der Waals surface area contributed by atoms with Crippen LogP contribution in [0.5, 0.6) is 0 Å². The van der Waals surface area contributed by atoms with Crippen molar-refractivity contribution in [3.63, 3.8) is 0 Å². The van der Waals surface area contributed by atoms with Crippen LogP contribution >= 0.6 is 0 Å². The first-order valence-electron chi connectivity index (χ1n) is 5.83. The van der Waals surface area contributed by atoms with Crippen molar-refractivity contribution in [3.05, 3.63) is 53.9 Å². The maximum absolute atomic E-state index is 4.45. The minimum atomic E-state index is 1.06. The maximum atomic E-state index is 4.45. The van der Waals surface area contributed by atoms with E-state index in [1.54, 1.807) is 0 Å². The molecule has 1 nitrogen and oxygen atoms in total. The largest absolute Gasteiger partial charge is 0.261 e. The zero-order valence-corrected chi connectivity index (χ0v) is 9.90. The molecule has 0 saturated carbocycles. The highest BCUT2D eigenvalue weighted by Gasteiger charge is 2.05. The molecule has 0 atom stereocenters. The van der Waals surface area contributed by atoms with Gasteiger partial charge in [-0.3, -0.25) is 4.98 Å². The summed E-state index contributed by atoms with van der Waals surface area (Å²) in [4.78, 5) is 4.45. The zero-order valence-electron chi connectivity index (χ0n) is 9.90. The van der Waals surface area contributed by atoms with Crippen molar-refractivity contribution in [1.29, 1.82) is 0 Å². The van der Waals surface area contributed by atoms with Crippen LogP contribution in [-0.4, -0.2) is 4.98 Å². The van der Waals surface area contributed by atoms with Gasteiger partial charge in [0, 0.05) is 11.9 Å². The third kappa shape index (κ3) is 2.13. The number of aryl methyl sites for hydroxylation is 1. The molecule has 2 aromatic rings. The Kier molecular flexibility index (Phi) is 3.35. The Labute approximate surface area is 97.2 Å². The predicted molar refractivity (Wildman–Crippen MR) is 68.4 cm³/mol. The number of hydrogen-bond donors (Lipinski definition) is 0. The van der Waals surface area contributed by atoms with Crippen molar-refractivity contribution in [2.45, 2.75) is 26.7 Å². The van der Waals surface area contributed by atoms with Gasteiger partial charge in [0.25, 0.3) is 0 Å². The first kappa shape index (κ1) is 10.9. The van der Waals surface area contributed by atoms with Gasteiger partial charge in [-0.25, -0.2) is 0 Å². The van der Waals surface area contributed by atoms with Crippen LogP contribution in [0.1, 0.15) is 24.6 Å². The second-order valence-electron chi connectivity index (χ2n) is 4.05. The molecule has 1 heterocycles. The highest BCUT2D eigenvalue weighted by atomic mass is 14.7. The summed E-state index contributed by atoms with van der Waals surface area (Å²) in [7, 11) is 0. The van der Waals surface area contributed by atoms with E-state index in [0.717, 1.165) is 12.8 Å². The van der Waals surface area contributed by atoms with Gasteiger partial charge in [0.15, 0.2) is 0 Å². The minimum Gasteiger partial charge on any atom is -0.261 e. The number of aromatic nitrogens is 1. The Morgan fingerprint density at radius 3 is 2.50 bits per heavy atom. The molecule has 0 N–H and O–H groups in total. The van der Waals surface area contributed by atoms with Crippen LogP contribution in [0, 0.1) is 6.92 Å². The Hall–Kier alpha value is -1.63. The third-order valence-electron chi connectivity index (χ3n) is 2.88. The van der Waals surface area contributed by atoms with Crippen molar-refractivity contribution in [1.82, 2.24) is 4.98 Å². The van der Waals surface area contributed by atoms with E-state index in [9.17, 15) is 0 Å². The second kappa shape index (κ2) is 4.93. The van der Waals surface area contributed by atoms with Crippen molar-refractivity contribution >= 4 is 0 Å². The molecule has 1 aromatic heterocycles. The quantitative estimate of drug-likeness (QED) is 0.747. The Balaban J connectivity index is 2.46. The standard InChI is InChI=1S/C15H17N/c1-3-7-15-12(2)14(10-11-16-15)13-8-5-4-6-9-13/h4-6,8-11H,3,7H2,1-2H3. The van der Waals surface area contributed by atoms with Crippen LogP contribution in [0.15, 0.2) is 42.6 Å². The van der Waals surface area contributed by atoms with E-state index in [-0.39, 0.29) is 0 Å². The van der Waals surface area contributed by atoms with Gasteiger partial charge in [-0.1, -0.05) is 43.7 Å². The van der Waals surface area contributed by atoms with Gasteiger partial charge in [-0.2, -0.15) is 0 Å². The molecular weight excluding hydrogens is 194 g/mol. The molecule has 82 valence electrons. The molecule has 0 radical (unpaired) electrons. The first-order valence-corrected chi connectivity index (χ1v) is 5.83. The molecule has 0 fully saturated rings. The molecule has 1 aromatic carbocycles. The molecule has 0 saturated heterocycles. The zero-order chi connectivity index (χ0) is 11.4. The number of hydrogen-bond acceptors (Lipinski definition) is 1. The highest BCUT2D eigenvalue weighted by molar-refractivity contribution is 5.67. The van der Waals surface area contributed by atoms with Gasteiger partial charge < -0.3 is 0 Å². The predicted octanol–water partition coefficient (Wildman–Crippen LogP) is 4.01. The summed E-state index contributed by atoms with van der Waals surface area (Å²) in [5.74, 6) is 0.